The van der Waals surface area contributed by atoms with Crippen molar-refractivity contribution in [3.05, 3.63) is 47.7 Å². The third kappa shape index (κ3) is 2.25. The van der Waals surface area contributed by atoms with Crippen LogP contribution in [0.15, 0.2) is 47.2 Å². The molecule has 0 saturated heterocycles. The number of benzene rings is 1. The second-order valence-electron chi connectivity index (χ2n) is 3.82. The van der Waals surface area contributed by atoms with E-state index in [1.54, 1.807) is 0 Å². The van der Waals surface area contributed by atoms with Gasteiger partial charge in [0.15, 0.2) is 0 Å². The van der Waals surface area contributed by atoms with E-state index in [9.17, 15) is 0 Å². The molecule has 0 fully saturated rings. The van der Waals surface area contributed by atoms with Crippen LogP contribution in [0.3, 0.4) is 0 Å². The first-order chi connectivity index (χ1) is 7.27. The van der Waals surface area contributed by atoms with Crippen LogP contribution in [-0.4, -0.2) is 31.3 Å². The van der Waals surface area contributed by atoms with Crippen molar-refractivity contribution in [3.63, 3.8) is 0 Å². The third-order valence-corrected chi connectivity index (χ3v) is 2.21. The topological polar surface area (TPSA) is 29.7 Å². The molecule has 0 atom stereocenters. The maximum absolute atomic E-state index is 4.16. The Hall–Kier alpha value is -1.61. The lowest BCUT2D eigenvalue weighted by atomic mass is 10.0. The molecule has 0 aromatic heterocycles. The Labute approximate surface area is 90.1 Å². The highest BCUT2D eigenvalue weighted by atomic mass is 15.3. The van der Waals surface area contributed by atoms with Gasteiger partial charge in [0.25, 0.3) is 0 Å². The molecule has 1 aromatic carbocycles. The van der Waals surface area contributed by atoms with E-state index in [0.717, 1.165) is 17.8 Å². The Morgan fingerprint density at radius 3 is 2.53 bits per heavy atom. The lowest BCUT2D eigenvalue weighted by Gasteiger charge is -2.11. The lowest BCUT2D eigenvalue weighted by Crippen LogP contribution is -2.19. The molecule has 3 nitrogen and oxygen atoms in total. The fourth-order valence-corrected chi connectivity index (χ4v) is 1.58. The average molecular weight is 200 g/mol. The SMILES string of the molecule is CN(C)CC1=C[N]N=C1c1ccccc1. The normalized spacial score (nSPS) is 14.9. The van der Waals surface area contributed by atoms with Crippen molar-refractivity contribution in [2.45, 2.75) is 0 Å². The Morgan fingerprint density at radius 1 is 1.13 bits per heavy atom. The van der Waals surface area contributed by atoms with Crippen LogP contribution in [0.2, 0.25) is 0 Å². The summed E-state index contributed by atoms with van der Waals surface area (Å²) in [7, 11) is 4.09. The molecule has 1 radical (unpaired) electrons. The van der Waals surface area contributed by atoms with Gasteiger partial charge in [0.05, 0.1) is 11.9 Å². The van der Waals surface area contributed by atoms with E-state index in [0.29, 0.717) is 0 Å². The Kier molecular flexibility index (Phi) is 2.83. The average Bonchev–Trinajstić information content (AvgIpc) is 2.66. The Bertz CT molecular complexity index is 391. The molecular formula is C12H14N3. The van der Waals surface area contributed by atoms with Crippen molar-refractivity contribution in [1.29, 1.82) is 0 Å². The molecule has 1 heterocycles. The van der Waals surface area contributed by atoms with Gasteiger partial charge in [0, 0.05) is 17.7 Å². The van der Waals surface area contributed by atoms with Gasteiger partial charge >= 0.3 is 0 Å². The second-order valence-corrected chi connectivity index (χ2v) is 3.82. The summed E-state index contributed by atoms with van der Waals surface area (Å²) in [4.78, 5) is 2.12. The second kappa shape index (κ2) is 4.28. The molecule has 0 amide bonds. The Balaban J connectivity index is 2.21. The zero-order valence-corrected chi connectivity index (χ0v) is 9.01. The predicted molar refractivity (Wildman–Crippen MR) is 61.8 cm³/mol. The van der Waals surface area contributed by atoms with E-state index < -0.39 is 0 Å². The molecule has 0 bridgehead atoms. The summed E-state index contributed by atoms with van der Waals surface area (Å²) < 4.78 is 0. The lowest BCUT2D eigenvalue weighted by molar-refractivity contribution is 0.451. The molecule has 0 spiro atoms. The first kappa shape index (κ1) is 9.93. The van der Waals surface area contributed by atoms with Crippen molar-refractivity contribution in [2.75, 3.05) is 20.6 Å². The van der Waals surface area contributed by atoms with Gasteiger partial charge in [-0.15, -0.1) is 0 Å². The molecule has 1 aliphatic rings. The van der Waals surface area contributed by atoms with Crippen LogP contribution in [0.25, 0.3) is 0 Å². The van der Waals surface area contributed by atoms with Crippen LogP contribution in [0.4, 0.5) is 0 Å². The summed E-state index contributed by atoms with van der Waals surface area (Å²) in [5, 5.41) is 4.16. The fourth-order valence-electron chi connectivity index (χ4n) is 1.58. The molecule has 2 rings (SSSR count). The summed E-state index contributed by atoms with van der Waals surface area (Å²) in [6, 6.07) is 10.2. The van der Waals surface area contributed by atoms with Crippen molar-refractivity contribution < 1.29 is 0 Å². The van der Waals surface area contributed by atoms with Gasteiger partial charge in [0.1, 0.15) is 0 Å². The first-order valence-electron chi connectivity index (χ1n) is 4.95. The maximum Gasteiger partial charge on any atom is 0.0990 e. The van der Waals surface area contributed by atoms with Crippen LogP contribution < -0.4 is 5.43 Å². The van der Waals surface area contributed by atoms with Gasteiger partial charge in [-0.25, -0.2) is 0 Å². The molecule has 77 valence electrons. The van der Waals surface area contributed by atoms with Crippen LogP contribution in [0.5, 0.6) is 0 Å². The molecule has 1 aromatic rings. The number of nitrogens with zero attached hydrogens (tertiary/aromatic N) is 3. The zero-order chi connectivity index (χ0) is 10.7. The van der Waals surface area contributed by atoms with Crippen LogP contribution in [-0.2, 0) is 0 Å². The monoisotopic (exact) mass is 200 g/mol. The van der Waals surface area contributed by atoms with Gasteiger partial charge in [-0.1, -0.05) is 30.3 Å². The van der Waals surface area contributed by atoms with E-state index >= 15 is 0 Å². The molecule has 0 unspecified atom stereocenters. The first-order valence-corrected chi connectivity index (χ1v) is 4.95. The standard InChI is InChI=1S/C12H14N3/c1-15(2)9-11-8-13-14-12(11)10-6-4-3-5-7-10/h3-8H,9H2,1-2H3. The van der Waals surface area contributed by atoms with Crippen molar-refractivity contribution in [2.24, 2.45) is 5.10 Å². The predicted octanol–water partition coefficient (Wildman–Crippen LogP) is 1.45. The van der Waals surface area contributed by atoms with Gasteiger partial charge in [-0.3, -0.25) is 0 Å². The zero-order valence-electron chi connectivity index (χ0n) is 9.01. The van der Waals surface area contributed by atoms with Crippen molar-refractivity contribution in [1.82, 2.24) is 10.3 Å². The highest BCUT2D eigenvalue weighted by Gasteiger charge is 2.15. The van der Waals surface area contributed by atoms with Gasteiger partial charge < -0.3 is 4.90 Å². The number of hydrogen-bond acceptors (Lipinski definition) is 2. The van der Waals surface area contributed by atoms with Crippen LogP contribution in [0, 0.1) is 0 Å². The van der Waals surface area contributed by atoms with Gasteiger partial charge in [0.2, 0.25) is 0 Å². The Morgan fingerprint density at radius 2 is 1.87 bits per heavy atom. The number of rotatable bonds is 3. The molecule has 3 heteroatoms. The van der Waals surface area contributed by atoms with E-state index in [1.165, 1.54) is 5.57 Å². The quantitative estimate of drug-likeness (QED) is 0.726. The largest absolute Gasteiger partial charge is 0.305 e. The van der Waals surface area contributed by atoms with Crippen molar-refractivity contribution >= 4 is 5.71 Å². The van der Waals surface area contributed by atoms with E-state index in [4.69, 9.17) is 0 Å². The highest BCUT2D eigenvalue weighted by Crippen LogP contribution is 2.13. The third-order valence-electron chi connectivity index (χ3n) is 2.21. The summed E-state index contributed by atoms with van der Waals surface area (Å²) in [5.41, 5.74) is 7.27. The van der Waals surface area contributed by atoms with E-state index in [2.05, 4.69) is 27.6 Å². The van der Waals surface area contributed by atoms with Gasteiger partial charge in [-0.05, 0) is 14.1 Å². The number of likely N-dealkylation sites (N-methyl/N-ethyl adjacent to an activating group) is 1. The fraction of sp³-hybridized carbons (Fsp3) is 0.250. The van der Waals surface area contributed by atoms with Crippen LogP contribution >= 0.6 is 0 Å². The number of hydrogen-bond donors (Lipinski definition) is 0. The molecule has 1 aliphatic heterocycles. The molecule has 15 heavy (non-hydrogen) atoms. The summed E-state index contributed by atoms with van der Waals surface area (Å²) >= 11 is 0. The highest BCUT2D eigenvalue weighted by molar-refractivity contribution is 6.13. The molecule has 0 saturated carbocycles. The minimum absolute atomic E-state index is 0.872. The summed E-state index contributed by atoms with van der Waals surface area (Å²) in [6.07, 6.45) is 1.84. The van der Waals surface area contributed by atoms with Gasteiger partial charge in [-0.2, -0.15) is 10.5 Å². The van der Waals surface area contributed by atoms with Crippen LogP contribution in [0.1, 0.15) is 5.56 Å². The minimum Gasteiger partial charge on any atom is -0.305 e. The smallest absolute Gasteiger partial charge is 0.0990 e. The summed E-state index contributed by atoms with van der Waals surface area (Å²) in [6.45, 7) is 0.872. The molecule has 0 N–H and O–H groups in total. The maximum atomic E-state index is 4.16. The minimum atomic E-state index is 0.872. The van der Waals surface area contributed by atoms with Crippen molar-refractivity contribution in [3.8, 4) is 0 Å². The molecule has 0 aliphatic carbocycles. The van der Waals surface area contributed by atoms with E-state index in [1.807, 2.05) is 38.5 Å². The van der Waals surface area contributed by atoms with E-state index in [-0.39, 0.29) is 0 Å². The summed E-state index contributed by atoms with van der Waals surface area (Å²) in [5.74, 6) is 0. The molecular weight excluding hydrogens is 186 g/mol.